The van der Waals surface area contributed by atoms with Gasteiger partial charge < -0.3 is 4.42 Å². The molecular weight excluding hydrogens is 236 g/mol. The van der Waals surface area contributed by atoms with Crippen LogP contribution in [0, 0.1) is 12.7 Å². The maximum Gasteiger partial charge on any atom is 0.419 e. The van der Waals surface area contributed by atoms with Crippen LogP contribution in [0.25, 0.3) is 11.3 Å². The molecule has 1 aromatic carbocycles. The van der Waals surface area contributed by atoms with E-state index in [2.05, 4.69) is 0 Å². The highest BCUT2D eigenvalue weighted by atomic mass is 19.4. The molecule has 1 heterocycles. The normalized spacial score (nSPS) is 11.8. The maximum atomic E-state index is 13.4. The first-order valence-corrected chi connectivity index (χ1v) is 4.81. The molecule has 0 aliphatic heterocycles. The Hall–Kier alpha value is -1.78. The fourth-order valence-electron chi connectivity index (χ4n) is 1.56. The second-order valence-corrected chi connectivity index (χ2v) is 3.63. The molecule has 2 aromatic rings. The van der Waals surface area contributed by atoms with Crippen LogP contribution in [0.15, 0.2) is 34.9 Å². The number of benzene rings is 1. The van der Waals surface area contributed by atoms with Crippen LogP contribution in [0.3, 0.4) is 0 Å². The molecule has 0 aliphatic carbocycles. The lowest BCUT2D eigenvalue weighted by atomic mass is 10.0. The number of halogens is 4. The van der Waals surface area contributed by atoms with Gasteiger partial charge in [-0.25, -0.2) is 4.39 Å². The zero-order chi connectivity index (χ0) is 12.6. The van der Waals surface area contributed by atoms with Crippen LogP contribution in [0.1, 0.15) is 11.1 Å². The fraction of sp³-hybridized carbons (Fsp3) is 0.167. The summed E-state index contributed by atoms with van der Waals surface area (Å²) >= 11 is 0. The van der Waals surface area contributed by atoms with Gasteiger partial charge in [-0.3, -0.25) is 0 Å². The van der Waals surface area contributed by atoms with Crippen molar-refractivity contribution in [3.8, 4) is 11.3 Å². The Balaban J connectivity index is 2.62. The lowest BCUT2D eigenvalue weighted by molar-refractivity contribution is -0.140. The van der Waals surface area contributed by atoms with Crippen LogP contribution in [0.2, 0.25) is 0 Å². The Morgan fingerprint density at radius 1 is 1.18 bits per heavy atom. The molecule has 17 heavy (non-hydrogen) atoms. The third kappa shape index (κ3) is 2.18. The average Bonchev–Trinajstić information content (AvgIpc) is 2.73. The van der Waals surface area contributed by atoms with Gasteiger partial charge in [0.15, 0.2) is 0 Å². The summed E-state index contributed by atoms with van der Waals surface area (Å²) in [5.74, 6) is -0.966. The molecule has 1 aromatic heterocycles. The van der Waals surface area contributed by atoms with Crippen molar-refractivity contribution in [2.45, 2.75) is 13.1 Å². The zero-order valence-corrected chi connectivity index (χ0v) is 8.81. The molecule has 0 saturated carbocycles. The molecule has 0 bridgehead atoms. The SMILES string of the molecule is Cc1cc(-c2ccco2)cc(C(F)(F)F)c1F. The fourth-order valence-corrected chi connectivity index (χ4v) is 1.56. The van der Waals surface area contributed by atoms with Crippen LogP contribution in [0.5, 0.6) is 0 Å². The first-order valence-electron chi connectivity index (χ1n) is 4.81. The van der Waals surface area contributed by atoms with Gasteiger partial charge in [0.05, 0.1) is 11.8 Å². The van der Waals surface area contributed by atoms with Crippen molar-refractivity contribution in [2.24, 2.45) is 0 Å². The number of furan rings is 1. The molecule has 0 unspecified atom stereocenters. The molecular formula is C12H8F4O. The summed E-state index contributed by atoms with van der Waals surface area (Å²) < 4.78 is 56.1. The monoisotopic (exact) mass is 244 g/mol. The van der Waals surface area contributed by atoms with E-state index in [-0.39, 0.29) is 16.9 Å². The Bertz CT molecular complexity index is 526. The van der Waals surface area contributed by atoms with E-state index in [1.54, 1.807) is 6.07 Å². The number of rotatable bonds is 1. The van der Waals surface area contributed by atoms with Crippen LogP contribution < -0.4 is 0 Å². The van der Waals surface area contributed by atoms with Gasteiger partial charge in [-0.05, 0) is 36.8 Å². The number of hydrogen-bond acceptors (Lipinski definition) is 1. The molecule has 0 N–H and O–H groups in total. The van der Waals surface area contributed by atoms with Crippen LogP contribution in [0.4, 0.5) is 17.6 Å². The van der Waals surface area contributed by atoms with Crippen molar-refractivity contribution >= 4 is 0 Å². The Kier molecular flexibility index (Phi) is 2.69. The van der Waals surface area contributed by atoms with Gasteiger partial charge in [0.1, 0.15) is 11.6 Å². The summed E-state index contributed by atoms with van der Waals surface area (Å²) in [4.78, 5) is 0. The minimum Gasteiger partial charge on any atom is -0.464 e. The molecule has 1 nitrogen and oxygen atoms in total. The predicted octanol–water partition coefficient (Wildman–Crippen LogP) is 4.41. The van der Waals surface area contributed by atoms with E-state index < -0.39 is 17.6 Å². The summed E-state index contributed by atoms with van der Waals surface area (Å²) in [5, 5.41) is 0. The summed E-state index contributed by atoms with van der Waals surface area (Å²) in [7, 11) is 0. The van der Waals surface area contributed by atoms with Gasteiger partial charge in [-0.15, -0.1) is 0 Å². The third-order valence-corrected chi connectivity index (χ3v) is 2.37. The van der Waals surface area contributed by atoms with Gasteiger partial charge >= 0.3 is 6.18 Å². The lowest BCUT2D eigenvalue weighted by Gasteiger charge is -2.11. The first kappa shape index (κ1) is 11.7. The van der Waals surface area contributed by atoms with Gasteiger partial charge in [0.2, 0.25) is 0 Å². The minimum absolute atomic E-state index is 0.0637. The summed E-state index contributed by atoms with van der Waals surface area (Å²) in [6.45, 7) is 1.29. The topological polar surface area (TPSA) is 13.1 Å². The van der Waals surface area contributed by atoms with Crippen LogP contribution in [-0.2, 0) is 6.18 Å². The molecule has 0 aliphatic rings. The highest BCUT2D eigenvalue weighted by Gasteiger charge is 2.35. The highest BCUT2D eigenvalue weighted by Crippen LogP contribution is 2.35. The molecule has 0 radical (unpaired) electrons. The molecule has 0 amide bonds. The van der Waals surface area contributed by atoms with Crippen molar-refractivity contribution in [1.82, 2.24) is 0 Å². The van der Waals surface area contributed by atoms with Gasteiger partial charge in [-0.1, -0.05) is 0 Å². The molecule has 90 valence electrons. The molecule has 5 heteroatoms. The van der Waals surface area contributed by atoms with E-state index in [9.17, 15) is 17.6 Å². The quantitative estimate of drug-likeness (QED) is 0.677. The molecule has 0 fully saturated rings. The highest BCUT2D eigenvalue weighted by molar-refractivity contribution is 5.60. The number of aryl methyl sites for hydroxylation is 1. The van der Waals surface area contributed by atoms with E-state index in [1.807, 2.05) is 0 Å². The summed E-state index contributed by atoms with van der Waals surface area (Å²) in [6.07, 6.45) is -3.36. The minimum atomic E-state index is -4.71. The van der Waals surface area contributed by atoms with E-state index in [4.69, 9.17) is 4.42 Å². The van der Waals surface area contributed by atoms with Crippen LogP contribution >= 0.6 is 0 Å². The van der Waals surface area contributed by atoms with Crippen molar-refractivity contribution in [1.29, 1.82) is 0 Å². The van der Waals surface area contributed by atoms with Gasteiger partial charge in [0.25, 0.3) is 0 Å². The molecule has 0 spiro atoms. The Morgan fingerprint density at radius 2 is 1.88 bits per heavy atom. The summed E-state index contributed by atoms with van der Waals surface area (Å²) in [5.41, 5.74) is -1.13. The molecule has 2 rings (SSSR count). The third-order valence-electron chi connectivity index (χ3n) is 2.37. The first-order chi connectivity index (χ1) is 7.89. The van der Waals surface area contributed by atoms with Gasteiger partial charge in [-0.2, -0.15) is 13.2 Å². The predicted molar refractivity (Wildman–Crippen MR) is 53.8 cm³/mol. The number of alkyl halides is 3. The van der Waals surface area contributed by atoms with Gasteiger partial charge in [0, 0.05) is 5.56 Å². The van der Waals surface area contributed by atoms with E-state index in [0.717, 1.165) is 6.07 Å². The van der Waals surface area contributed by atoms with Crippen LogP contribution in [-0.4, -0.2) is 0 Å². The smallest absolute Gasteiger partial charge is 0.419 e. The Labute approximate surface area is 94.7 Å². The largest absolute Gasteiger partial charge is 0.464 e. The second-order valence-electron chi connectivity index (χ2n) is 3.63. The average molecular weight is 244 g/mol. The van der Waals surface area contributed by atoms with E-state index in [1.165, 1.54) is 25.3 Å². The zero-order valence-electron chi connectivity index (χ0n) is 8.81. The second kappa shape index (κ2) is 3.91. The van der Waals surface area contributed by atoms with Crippen molar-refractivity contribution in [2.75, 3.05) is 0 Å². The molecule has 0 atom stereocenters. The molecule has 0 saturated heterocycles. The summed E-state index contributed by atoms with van der Waals surface area (Å²) in [6, 6.07) is 5.15. The van der Waals surface area contributed by atoms with E-state index in [0.29, 0.717) is 0 Å². The van der Waals surface area contributed by atoms with Crippen molar-refractivity contribution in [3.63, 3.8) is 0 Å². The van der Waals surface area contributed by atoms with Crippen molar-refractivity contribution < 1.29 is 22.0 Å². The maximum absolute atomic E-state index is 13.4. The van der Waals surface area contributed by atoms with E-state index >= 15 is 0 Å². The standard InChI is InChI=1S/C12H8F4O/c1-7-5-8(10-3-2-4-17-10)6-9(11(7)13)12(14,15)16/h2-6H,1H3. The lowest BCUT2D eigenvalue weighted by Crippen LogP contribution is -2.09. The number of hydrogen-bond donors (Lipinski definition) is 0. The van der Waals surface area contributed by atoms with Crippen molar-refractivity contribution in [3.05, 3.63) is 47.5 Å². The Morgan fingerprint density at radius 3 is 2.41 bits per heavy atom.